The van der Waals surface area contributed by atoms with Crippen molar-refractivity contribution in [1.82, 2.24) is 0 Å². The van der Waals surface area contributed by atoms with E-state index < -0.39 is 15.8 Å². The lowest BCUT2D eigenvalue weighted by Gasteiger charge is -2.08. The first-order valence-electron chi connectivity index (χ1n) is 5.12. The summed E-state index contributed by atoms with van der Waals surface area (Å²) < 4.78 is 31.6. The first kappa shape index (κ1) is 14.3. The van der Waals surface area contributed by atoms with Crippen molar-refractivity contribution >= 4 is 21.5 Å². The molecule has 1 aromatic rings. The molecular formula is C11H15NO5S. The minimum atomic E-state index is -3.16. The van der Waals surface area contributed by atoms with Crippen LogP contribution in [0.15, 0.2) is 18.2 Å². The highest BCUT2D eigenvalue weighted by Crippen LogP contribution is 2.20. The van der Waals surface area contributed by atoms with Gasteiger partial charge in [0.2, 0.25) is 0 Å². The molecule has 1 aromatic carbocycles. The van der Waals surface area contributed by atoms with Gasteiger partial charge in [-0.15, -0.1) is 0 Å². The minimum absolute atomic E-state index is 0.155. The molecule has 0 aromatic heterocycles. The smallest absolute Gasteiger partial charge is 0.340 e. The van der Waals surface area contributed by atoms with E-state index in [1.165, 1.54) is 19.2 Å². The molecule has 0 saturated heterocycles. The highest BCUT2D eigenvalue weighted by Gasteiger charge is 2.13. The molecule has 1 rings (SSSR count). The number of hydrogen-bond donors (Lipinski definition) is 1. The maximum absolute atomic E-state index is 11.7. The lowest BCUT2D eigenvalue weighted by atomic mass is 10.2. The first-order valence-corrected chi connectivity index (χ1v) is 7.18. The van der Waals surface area contributed by atoms with Crippen molar-refractivity contribution in [2.24, 2.45) is 0 Å². The van der Waals surface area contributed by atoms with Crippen LogP contribution in [0.2, 0.25) is 0 Å². The Kier molecular flexibility index (Phi) is 4.55. The number of carbonyl (C=O) groups excluding carboxylic acids is 1. The van der Waals surface area contributed by atoms with Crippen molar-refractivity contribution < 1.29 is 22.7 Å². The number of nitrogen functional groups attached to an aromatic ring is 1. The fourth-order valence-electron chi connectivity index (χ4n) is 1.20. The van der Waals surface area contributed by atoms with Crippen molar-refractivity contribution in [3.05, 3.63) is 23.8 Å². The highest BCUT2D eigenvalue weighted by atomic mass is 32.2. The van der Waals surface area contributed by atoms with Crippen LogP contribution in [0.5, 0.6) is 5.75 Å². The third-order valence-electron chi connectivity index (χ3n) is 2.17. The molecule has 0 aliphatic rings. The van der Waals surface area contributed by atoms with E-state index in [0.29, 0.717) is 5.75 Å². The van der Waals surface area contributed by atoms with Crippen LogP contribution in [0.25, 0.3) is 0 Å². The fraction of sp³-hybridized carbons (Fsp3) is 0.364. The van der Waals surface area contributed by atoms with Crippen LogP contribution in [0.3, 0.4) is 0 Å². The minimum Gasteiger partial charge on any atom is -0.497 e. The molecule has 0 bridgehead atoms. The van der Waals surface area contributed by atoms with Crippen LogP contribution in [-0.2, 0) is 14.6 Å². The number of ether oxygens (including phenoxy) is 2. The monoisotopic (exact) mass is 273 g/mol. The molecule has 0 spiro atoms. The molecule has 2 N–H and O–H groups in total. The lowest BCUT2D eigenvalue weighted by molar-refractivity contribution is 0.0530. The van der Waals surface area contributed by atoms with E-state index in [4.69, 9.17) is 15.2 Å². The molecule has 0 unspecified atom stereocenters. The van der Waals surface area contributed by atoms with E-state index in [0.717, 1.165) is 6.26 Å². The number of benzene rings is 1. The zero-order valence-electron chi connectivity index (χ0n) is 10.2. The van der Waals surface area contributed by atoms with E-state index in [1.807, 2.05) is 0 Å². The number of hydrogen-bond acceptors (Lipinski definition) is 6. The summed E-state index contributed by atoms with van der Waals surface area (Å²) in [5.41, 5.74) is 6.03. The van der Waals surface area contributed by atoms with E-state index in [2.05, 4.69) is 0 Å². The standard InChI is InChI=1S/C11H15NO5S/c1-16-8-3-4-10(12)9(7-8)11(13)17-5-6-18(2,14)15/h3-4,7H,5-6,12H2,1-2H3. The second-order valence-corrected chi connectivity index (χ2v) is 5.98. The molecule has 0 fully saturated rings. The summed E-state index contributed by atoms with van der Waals surface area (Å²) in [6, 6.07) is 4.58. The van der Waals surface area contributed by atoms with Gasteiger partial charge in [0.25, 0.3) is 0 Å². The summed E-state index contributed by atoms with van der Waals surface area (Å²) in [5, 5.41) is 0. The van der Waals surface area contributed by atoms with Gasteiger partial charge in [-0.1, -0.05) is 0 Å². The topological polar surface area (TPSA) is 95.7 Å². The predicted octanol–water partition coefficient (Wildman–Crippen LogP) is 0.479. The molecule has 0 radical (unpaired) electrons. The molecule has 18 heavy (non-hydrogen) atoms. The molecule has 0 heterocycles. The Morgan fingerprint density at radius 2 is 2.06 bits per heavy atom. The summed E-state index contributed by atoms with van der Waals surface area (Å²) >= 11 is 0. The maximum Gasteiger partial charge on any atom is 0.340 e. The highest BCUT2D eigenvalue weighted by molar-refractivity contribution is 7.90. The molecule has 6 nitrogen and oxygen atoms in total. The van der Waals surface area contributed by atoms with Crippen LogP contribution >= 0.6 is 0 Å². The number of esters is 1. The Balaban J connectivity index is 2.72. The van der Waals surface area contributed by atoms with E-state index >= 15 is 0 Å². The van der Waals surface area contributed by atoms with Crippen molar-refractivity contribution in [1.29, 1.82) is 0 Å². The van der Waals surface area contributed by atoms with Crippen LogP contribution in [0, 0.1) is 0 Å². The van der Waals surface area contributed by atoms with Gasteiger partial charge in [0, 0.05) is 11.9 Å². The molecule has 0 aliphatic heterocycles. The zero-order valence-corrected chi connectivity index (χ0v) is 11.0. The first-order chi connectivity index (χ1) is 8.33. The number of rotatable bonds is 5. The summed E-state index contributed by atoms with van der Waals surface area (Å²) in [5.74, 6) is -0.419. The number of carbonyl (C=O) groups is 1. The normalized spacial score (nSPS) is 11.0. The van der Waals surface area contributed by atoms with Crippen LogP contribution in [0.1, 0.15) is 10.4 Å². The molecule has 0 saturated carbocycles. The summed E-state index contributed by atoms with van der Waals surface area (Å²) in [4.78, 5) is 11.7. The van der Waals surface area contributed by atoms with Gasteiger partial charge in [0.05, 0.1) is 18.4 Å². The van der Waals surface area contributed by atoms with Crippen molar-refractivity contribution in [2.75, 3.05) is 31.5 Å². The number of nitrogens with two attached hydrogens (primary N) is 1. The number of anilines is 1. The Bertz CT molecular complexity index is 538. The average Bonchev–Trinajstić information content (AvgIpc) is 2.27. The SMILES string of the molecule is COc1ccc(N)c(C(=O)OCCS(C)(=O)=O)c1. The van der Waals surface area contributed by atoms with Gasteiger partial charge in [-0.05, 0) is 18.2 Å². The molecule has 0 amide bonds. The van der Waals surface area contributed by atoms with Crippen molar-refractivity contribution in [3.63, 3.8) is 0 Å². The fourth-order valence-corrected chi connectivity index (χ4v) is 1.59. The molecule has 100 valence electrons. The molecule has 0 aliphatic carbocycles. The summed E-state index contributed by atoms with van der Waals surface area (Å²) in [6.07, 6.45) is 1.07. The Morgan fingerprint density at radius 1 is 1.39 bits per heavy atom. The second-order valence-electron chi connectivity index (χ2n) is 3.72. The van der Waals surface area contributed by atoms with Gasteiger partial charge in [0.15, 0.2) is 9.84 Å². The number of sulfone groups is 1. The van der Waals surface area contributed by atoms with Gasteiger partial charge < -0.3 is 15.2 Å². The maximum atomic E-state index is 11.7. The van der Waals surface area contributed by atoms with Crippen LogP contribution < -0.4 is 10.5 Å². The second kappa shape index (κ2) is 5.72. The summed E-state index contributed by atoms with van der Waals surface area (Å²) in [7, 11) is -1.70. The predicted molar refractivity (Wildman–Crippen MR) is 67.4 cm³/mol. The average molecular weight is 273 g/mol. The van der Waals surface area contributed by atoms with Crippen LogP contribution in [-0.4, -0.2) is 40.1 Å². The Morgan fingerprint density at radius 3 is 2.61 bits per heavy atom. The molecule has 7 heteroatoms. The van der Waals surface area contributed by atoms with E-state index in [-0.39, 0.29) is 23.6 Å². The van der Waals surface area contributed by atoms with Gasteiger partial charge in [0.1, 0.15) is 12.4 Å². The zero-order chi connectivity index (χ0) is 13.8. The Hall–Kier alpha value is -1.76. The van der Waals surface area contributed by atoms with Gasteiger partial charge in [-0.3, -0.25) is 0 Å². The van der Waals surface area contributed by atoms with Gasteiger partial charge in [-0.25, -0.2) is 13.2 Å². The van der Waals surface area contributed by atoms with Crippen molar-refractivity contribution in [3.8, 4) is 5.75 Å². The van der Waals surface area contributed by atoms with E-state index in [9.17, 15) is 13.2 Å². The lowest BCUT2D eigenvalue weighted by Crippen LogP contribution is -2.15. The number of methoxy groups -OCH3 is 1. The van der Waals surface area contributed by atoms with Crippen molar-refractivity contribution in [2.45, 2.75) is 0 Å². The molecule has 0 atom stereocenters. The van der Waals surface area contributed by atoms with Crippen LogP contribution in [0.4, 0.5) is 5.69 Å². The largest absolute Gasteiger partial charge is 0.497 e. The molecular weight excluding hydrogens is 258 g/mol. The summed E-state index contributed by atoms with van der Waals surface area (Å²) in [6.45, 7) is -0.200. The van der Waals surface area contributed by atoms with E-state index in [1.54, 1.807) is 6.07 Å². The van der Waals surface area contributed by atoms with Gasteiger partial charge in [-0.2, -0.15) is 0 Å². The quantitative estimate of drug-likeness (QED) is 0.619. The Labute approximate surface area is 106 Å². The third-order valence-corrected chi connectivity index (χ3v) is 3.08. The third kappa shape index (κ3) is 4.25. The van der Waals surface area contributed by atoms with Gasteiger partial charge >= 0.3 is 5.97 Å².